The van der Waals surface area contributed by atoms with Crippen LogP contribution in [-0.4, -0.2) is 66.8 Å². The van der Waals surface area contributed by atoms with Gasteiger partial charge in [-0.2, -0.15) is 0 Å². The summed E-state index contributed by atoms with van der Waals surface area (Å²) in [7, 11) is -3.64. The Balaban J connectivity index is 1.55. The maximum Gasteiger partial charge on any atom is 0.223 e. The van der Waals surface area contributed by atoms with Gasteiger partial charge in [0.2, 0.25) is 4.93 Å². The van der Waals surface area contributed by atoms with Crippen LogP contribution in [0.25, 0.3) is 0 Å². The quantitative estimate of drug-likeness (QED) is 0.743. The molecule has 0 saturated carbocycles. The number of aromatic nitrogens is 6. The van der Waals surface area contributed by atoms with Crippen molar-refractivity contribution >= 4 is 9.84 Å². The molecule has 1 N–H and O–H groups in total. The van der Waals surface area contributed by atoms with Crippen molar-refractivity contribution in [3.05, 3.63) is 23.3 Å². The average Bonchev–Trinajstić information content (AvgIpc) is 3.16. The van der Waals surface area contributed by atoms with Crippen LogP contribution in [0.1, 0.15) is 44.1 Å². The van der Waals surface area contributed by atoms with Crippen molar-refractivity contribution in [2.24, 2.45) is 0 Å². The predicted molar refractivity (Wildman–Crippen MR) is 96.4 cm³/mol. The first-order valence-corrected chi connectivity index (χ1v) is 10.7. The molecule has 148 valence electrons. The van der Waals surface area contributed by atoms with Crippen molar-refractivity contribution in [1.82, 2.24) is 34.4 Å². The molecule has 0 spiro atoms. The Kier molecular flexibility index (Phi) is 3.99. The van der Waals surface area contributed by atoms with Crippen molar-refractivity contribution < 1.29 is 13.5 Å². The standard InChI is InChI=1S/C16H25N7O3S/c1-11-17-19-13-15(2,3)21(7-8-22(11)13)6-5-12-18-20-14-16(4,24)27(25,26)10-9-23(12)14/h24H,5-10H2,1-4H3. The van der Waals surface area contributed by atoms with Crippen LogP contribution in [0, 0.1) is 6.92 Å². The number of fused-ring (bicyclic) bond motifs is 2. The third kappa shape index (κ3) is 2.63. The summed E-state index contributed by atoms with van der Waals surface area (Å²) in [5.74, 6) is 2.56. The zero-order chi connectivity index (χ0) is 19.6. The topological polar surface area (TPSA) is 119 Å². The summed E-state index contributed by atoms with van der Waals surface area (Å²) >= 11 is 0. The van der Waals surface area contributed by atoms with Gasteiger partial charge in [-0.05, 0) is 27.7 Å². The van der Waals surface area contributed by atoms with Crippen LogP contribution in [-0.2, 0) is 39.8 Å². The van der Waals surface area contributed by atoms with Crippen molar-refractivity contribution in [2.75, 3.05) is 18.8 Å². The fourth-order valence-electron chi connectivity index (χ4n) is 4.02. The van der Waals surface area contributed by atoms with Crippen molar-refractivity contribution in [3.8, 4) is 0 Å². The Bertz CT molecular complexity index is 990. The molecule has 11 heteroatoms. The number of hydrogen-bond acceptors (Lipinski definition) is 8. The van der Waals surface area contributed by atoms with Gasteiger partial charge in [-0.1, -0.05) is 0 Å². The highest BCUT2D eigenvalue weighted by atomic mass is 32.2. The predicted octanol–water partition coefficient (Wildman–Crippen LogP) is -0.435. The molecule has 2 aromatic heterocycles. The summed E-state index contributed by atoms with van der Waals surface area (Å²) in [6.07, 6.45) is 0.611. The van der Waals surface area contributed by atoms with E-state index in [9.17, 15) is 13.5 Å². The van der Waals surface area contributed by atoms with Gasteiger partial charge in [0.25, 0.3) is 0 Å². The van der Waals surface area contributed by atoms with Gasteiger partial charge in [0, 0.05) is 32.6 Å². The molecule has 0 bridgehead atoms. The maximum atomic E-state index is 12.1. The lowest BCUT2D eigenvalue weighted by Crippen LogP contribution is -2.50. The van der Waals surface area contributed by atoms with Gasteiger partial charge in [-0.3, -0.25) is 4.90 Å². The van der Waals surface area contributed by atoms with Crippen LogP contribution in [0.3, 0.4) is 0 Å². The molecular weight excluding hydrogens is 370 g/mol. The SMILES string of the molecule is Cc1nnc2n1CCN(CCc1nnc3n1CCS(=O)(=O)C3(C)O)C2(C)C. The molecule has 1 unspecified atom stereocenters. The zero-order valence-electron chi connectivity index (χ0n) is 16.0. The van der Waals surface area contributed by atoms with Gasteiger partial charge in [0.15, 0.2) is 21.5 Å². The van der Waals surface area contributed by atoms with E-state index < -0.39 is 14.8 Å². The van der Waals surface area contributed by atoms with Gasteiger partial charge >= 0.3 is 0 Å². The van der Waals surface area contributed by atoms with Crippen molar-refractivity contribution in [3.63, 3.8) is 0 Å². The molecular formula is C16H25N7O3S. The number of hydrogen-bond donors (Lipinski definition) is 1. The molecule has 4 rings (SSSR count). The highest BCUT2D eigenvalue weighted by molar-refractivity contribution is 7.92. The largest absolute Gasteiger partial charge is 0.369 e. The molecule has 27 heavy (non-hydrogen) atoms. The number of rotatable bonds is 3. The number of sulfone groups is 1. The molecule has 0 aliphatic carbocycles. The molecule has 0 aromatic carbocycles. The van der Waals surface area contributed by atoms with Crippen LogP contribution in [0.2, 0.25) is 0 Å². The maximum absolute atomic E-state index is 12.1. The molecule has 0 saturated heterocycles. The summed E-state index contributed by atoms with van der Waals surface area (Å²) < 4.78 is 28.2. The highest BCUT2D eigenvalue weighted by Gasteiger charge is 2.47. The normalized spacial score (nSPS) is 26.6. The van der Waals surface area contributed by atoms with E-state index in [-0.39, 0.29) is 23.7 Å². The summed E-state index contributed by atoms with van der Waals surface area (Å²) in [6.45, 7) is 10.2. The lowest BCUT2D eigenvalue weighted by atomic mass is 9.98. The Labute approximate surface area is 158 Å². The van der Waals surface area contributed by atoms with E-state index in [0.29, 0.717) is 12.2 Å². The smallest absolute Gasteiger partial charge is 0.223 e. The minimum absolute atomic E-state index is 0.108. The molecule has 4 heterocycles. The summed E-state index contributed by atoms with van der Waals surface area (Å²) in [5, 5.41) is 27.1. The Hall–Kier alpha value is -1.85. The molecule has 0 amide bonds. The van der Waals surface area contributed by atoms with E-state index >= 15 is 0 Å². The van der Waals surface area contributed by atoms with Gasteiger partial charge in [-0.25, -0.2) is 8.42 Å². The monoisotopic (exact) mass is 395 g/mol. The van der Waals surface area contributed by atoms with Gasteiger partial charge in [0.05, 0.1) is 11.3 Å². The second-order valence-electron chi connectivity index (χ2n) is 7.91. The molecule has 0 radical (unpaired) electrons. The molecule has 0 fully saturated rings. The fourth-order valence-corrected chi connectivity index (χ4v) is 5.27. The molecule has 1 atom stereocenters. The molecule has 2 aliphatic heterocycles. The van der Waals surface area contributed by atoms with Gasteiger partial charge in [0.1, 0.15) is 11.6 Å². The second kappa shape index (κ2) is 5.82. The second-order valence-corrected chi connectivity index (χ2v) is 10.3. The van der Waals surface area contributed by atoms with Crippen LogP contribution < -0.4 is 0 Å². The zero-order valence-corrected chi connectivity index (χ0v) is 16.9. The van der Waals surface area contributed by atoms with E-state index in [2.05, 4.69) is 43.7 Å². The fraction of sp³-hybridized carbons (Fsp3) is 0.750. The first-order chi connectivity index (χ1) is 12.6. The average molecular weight is 395 g/mol. The van der Waals surface area contributed by atoms with Crippen LogP contribution in [0.4, 0.5) is 0 Å². The van der Waals surface area contributed by atoms with Crippen LogP contribution in [0.5, 0.6) is 0 Å². The summed E-state index contributed by atoms with van der Waals surface area (Å²) in [6, 6.07) is 0. The highest BCUT2D eigenvalue weighted by Crippen LogP contribution is 2.33. The lowest BCUT2D eigenvalue weighted by Gasteiger charge is -2.41. The molecule has 10 nitrogen and oxygen atoms in total. The summed E-state index contributed by atoms with van der Waals surface area (Å²) in [5.41, 5.74) is -0.265. The number of aryl methyl sites for hydroxylation is 1. The first kappa shape index (κ1) is 18.5. The number of nitrogens with zero attached hydrogens (tertiary/aromatic N) is 7. The first-order valence-electron chi connectivity index (χ1n) is 9.08. The van der Waals surface area contributed by atoms with E-state index in [4.69, 9.17) is 0 Å². The van der Waals surface area contributed by atoms with Gasteiger partial charge < -0.3 is 14.2 Å². The molecule has 2 aliphatic rings. The Morgan fingerprint density at radius 3 is 2.44 bits per heavy atom. The van der Waals surface area contributed by atoms with E-state index in [1.165, 1.54) is 6.92 Å². The van der Waals surface area contributed by atoms with E-state index in [1.807, 2.05) is 6.92 Å². The van der Waals surface area contributed by atoms with Gasteiger partial charge in [-0.15, -0.1) is 20.4 Å². The van der Waals surface area contributed by atoms with Crippen LogP contribution >= 0.6 is 0 Å². The minimum Gasteiger partial charge on any atom is -0.369 e. The summed E-state index contributed by atoms with van der Waals surface area (Å²) in [4.78, 5) is 0.338. The number of aliphatic hydroxyl groups is 1. The lowest BCUT2D eigenvalue weighted by molar-refractivity contribution is 0.0777. The van der Waals surface area contributed by atoms with Crippen molar-refractivity contribution in [2.45, 2.75) is 57.7 Å². The van der Waals surface area contributed by atoms with Crippen LogP contribution in [0.15, 0.2) is 0 Å². The van der Waals surface area contributed by atoms with E-state index in [1.54, 1.807) is 4.57 Å². The third-order valence-corrected chi connectivity index (χ3v) is 8.02. The Morgan fingerprint density at radius 2 is 1.70 bits per heavy atom. The Morgan fingerprint density at radius 1 is 1.00 bits per heavy atom. The molecule has 2 aromatic rings. The van der Waals surface area contributed by atoms with E-state index in [0.717, 1.165) is 31.3 Å². The minimum atomic E-state index is -3.64. The van der Waals surface area contributed by atoms with Crippen molar-refractivity contribution in [1.29, 1.82) is 0 Å². The third-order valence-electron chi connectivity index (χ3n) is 5.90.